The lowest BCUT2D eigenvalue weighted by molar-refractivity contribution is -0.139. The standard InChI is InChI=1S/C19H28F3NO2/c1-2-3-4-5-6-11-25-18-8-7-15(12-17(18)19(20,21)22)13-23-10-9-16(24)14-23/h7-8,12,16,24H,2-6,9-11,13-14H2,1H3. The van der Waals surface area contributed by atoms with E-state index < -0.39 is 11.7 Å². The number of β-amino-alcohol motifs (C(OH)–C–C–N with tert-alkyl or cyclic N) is 1. The summed E-state index contributed by atoms with van der Waals surface area (Å²) >= 11 is 0. The van der Waals surface area contributed by atoms with E-state index in [0.717, 1.165) is 32.1 Å². The quantitative estimate of drug-likeness (QED) is 0.653. The molecule has 1 saturated heterocycles. The fraction of sp³-hybridized carbons (Fsp3) is 0.684. The third-order valence-corrected chi connectivity index (χ3v) is 4.51. The Labute approximate surface area is 147 Å². The van der Waals surface area contributed by atoms with Crippen molar-refractivity contribution in [3.8, 4) is 5.75 Å². The van der Waals surface area contributed by atoms with Gasteiger partial charge in [-0.3, -0.25) is 4.90 Å². The summed E-state index contributed by atoms with van der Waals surface area (Å²) in [7, 11) is 0. The Morgan fingerprint density at radius 3 is 2.60 bits per heavy atom. The number of aliphatic hydroxyl groups is 1. The molecule has 6 heteroatoms. The van der Waals surface area contributed by atoms with Gasteiger partial charge in [-0.1, -0.05) is 38.7 Å². The van der Waals surface area contributed by atoms with Gasteiger partial charge in [0.25, 0.3) is 0 Å². The van der Waals surface area contributed by atoms with Gasteiger partial charge in [-0.25, -0.2) is 0 Å². The average molecular weight is 359 g/mol. The molecular formula is C19H28F3NO2. The largest absolute Gasteiger partial charge is 0.493 e. The number of halogens is 3. The van der Waals surface area contributed by atoms with Gasteiger partial charge in [0, 0.05) is 19.6 Å². The summed E-state index contributed by atoms with van der Waals surface area (Å²) < 4.78 is 45.5. The van der Waals surface area contributed by atoms with E-state index in [2.05, 4.69) is 6.92 Å². The van der Waals surface area contributed by atoms with Gasteiger partial charge in [0.2, 0.25) is 0 Å². The van der Waals surface area contributed by atoms with Crippen LogP contribution < -0.4 is 4.74 Å². The molecule has 0 spiro atoms. The van der Waals surface area contributed by atoms with Crippen LogP contribution in [0.15, 0.2) is 18.2 Å². The molecule has 1 fully saturated rings. The maximum absolute atomic E-state index is 13.3. The van der Waals surface area contributed by atoms with E-state index in [1.54, 1.807) is 6.07 Å². The molecule has 25 heavy (non-hydrogen) atoms. The van der Waals surface area contributed by atoms with Crippen molar-refractivity contribution in [2.24, 2.45) is 0 Å². The van der Waals surface area contributed by atoms with Crippen LogP contribution in [0.3, 0.4) is 0 Å². The Balaban J connectivity index is 1.96. The first-order chi connectivity index (χ1) is 11.9. The Hall–Kier alpha value is -1.27. The topological polar surface area (TPSA) is 32.7 Å². The van der Waals surface area contributed by atoms with Crippen molar-refractivity contribution in [2.45, 2.75) is 64.3 Å². The molecule has 1 aromatic rings. The van der Waals surface area contributed by atoms with E-state index >= 15 is 0 Å². The Morgan fingerprint density at radius 1 is 1.20 bits per heavy atom. The second kappa shape index (κ2) is 9.43. The van der Waals surface area contributed by atoms with Gasteiger partial charge < -0.3 is 9.84 Å². The van der Waals surface area contributed by atoms with Gasteiger partial charge in [0.05, 0.1) is 18.3 Å². The van der Waals surface area contributed by atoms with E-state index in [1.807, 2.05) is 4.90 Å². The number of rotatable bonds is 9. The monoisotopic (exact) mass is 359 g/mol. The van der Waals surface area contributed by atoms with Crippen molar-refractivity contribution in [2.75, 3.05) is 19.7 Å². The van der Waals surface area contributed by atoms with Gasteiger partial charge in [0.15, 0.2) is 0 Å². The molecule has 1 unspecified atom stereocenters. The van der Waals surface area contributed by atoms with Crippen molar-refractivity contribution < 1.29 is 23.0 Å². The lowest BCUT2D eigenvalue weighted by Gasteiger charge is -2.18. The van der Waals surface area contributed by atoms with Gasteiger partial charge in [-0.05, 0) is 30.5 Å². The molecule has 0 aliphatic carbocycles. The highest BCUT2D eigenvalue weighted by Gasteiger charge is 2.35. The smallest absolute Gasteiger partial charge is 0.419 e. The molecule has 1 N–H and O–H groups in total. The minimum Gasteiger partial charge on any atom is -0.493 e. The normalized spacial score (nSPS) is 18.7. The molecule has 3 nitrogen and oxygen atoms in total. The second-order valence-electron chi connectivity index (χ2n) is 6.77. The van der Waals surface area contributed by atoms with Crippen molar-refractivity contribution >= 4 is 0 Å². The summed E-state index contributed by atoms with van der Waals surface area (Å²) in [5.41, 5.74) is -0.116. The van der Waals surface area contributed by atoms with Gasteiger partial charge in [0.1, 0.15) is 5.75 Å². The lowest BCUT2D eigenvalue weighted by Crippen LogP contribution is -2.22. The summed E-state index contributed by atoms with van der Waals surface area (Å²) in [5, 5.41) is 9.54. The molecule has 0 bridgehead atoms. The number of unbranched alkanes of at least 4 members (excludes halogenated alkanes) is 4. The first-order valence-corrected chi connectivity index (χ1v) is 9.13. The number of nitrogens with zero attached hydrogens (tertiary/aromatic N) is 1. The zero-order valence-electron chi connectivity index (χ0n) is 14.8. The number of likely N-dealkylation sites (tertiary alicyclic amines) is 1. The molecule has 0 saturated carbocycles. The van der Waals surface area contributed by atoms with Crippen molar-refractivity contribution in [3.63, 3.8) is 0 Å². The van der Waals surface area contributed by atoms with Crippen molar-refractivity contribution in [1.29, 1.82) is 0 Å². The fourth-order valence-corrected chi connectivity index (χ4v) is 3.12. The van der Waals surface area contributed by atoms with Crippen LogP contribution in [0.2, 0.25) is 0 Å². The minimum absolute atomic E-state index is 0.0896. The van der Waals surface area contributed by atoms with Gasteiger partial charge >= 0.3 is 6.18 Å². The number of hydrogen-bond donors (Lipinski definition) is 1. The van der Waals surface area contributed by atoms with Crippen LogP contribution in [0.25, 0.3) is 0 Å². The molecule has 1 aliphatic rings. The Morgan fingerprint density at radius 2 is 1.96 bits per heavy atom. The van der Waals surface area contributed by atoms with E-state index in [-0.39, 0.29) is 11.9 Å². The highest BCUT2D eigenvalue weighted by molar-refractivity contribution is 5.39. The van der Waals surface area contributed by atoms with Gasteiger partial charge in [-0.15, -0.1) is 0 Å². The zero-order chi connectivity index (χ0) is 18.3. The van der Waals surface area contributed by atoms with E-state index in [9.17, 15) is 18.3 Å². The highest BCUT2D eigenvalue weighted by Crippen LogP contribution is 2.37. The van der Waals surface area contributed by atoms with Crippen LogP contribution in [0.4, 0.5) is 13.2 Å². The summed E-state index contributed by atoms with van der Waals surface area (Å²) in [6.45, 7) is 4.06. The fourth-order valence-electron chi connectivity index (χ4n) is 3.12. The number of benzene rings is 1. The van der Waals surface area contributed by atoms with Crippen LogP contribution in [-0.4, -0.2) is 35.8 Å². The van der Waals surface area contributed by atoms with E-state index in [0.29, 0.717) is 38.2 Å². The third-order valence-electron chi connectivity index (χ3n) is 4.51. The van der Waals surface area contributed by atoms with Gasteiger partial charge in [-0.2, -0.15) is 13.2 Å². The molecule has 1 aromatic carbocycles. The van der Waals surface area contributed by atoms with Crippen molar-refractivity contribution in [1.82, 2.24) is 4.90 Å². The molecule has 0 aromatic heterocycles. The Bertz CT molecular complexity index is 534. The molecule has 2 rings (SSSR count). The minimum atomic E-state index is -4.43. The maximum Gasteiger partial charge on any atom is 0.419 e. The predicted octanol–water partition coefficient (Wildman–Crippen LogP) is 4.62. The summed E-state index contributed by atoms with van der Waals surface area (Å²) in [5.74, 6) is -0.0896. The maximum atomic E-state index is 13.3. The summed E-state index contributed by atoms with van der Waals surface area (Å²) in [6.07, 6.45) is 0.977. The van der Waals surface area contributed by atoms with Crippen molar-refractivity contribution in [3.05, 3.63) is 29.3 Å². The van der Waals surface area contributed by atoms with Crippen LogP contribution in [0.1, 0.15) is 56.6 Å². The van der Waals surface area contributed by atoms with Crippen LogP contribution in [0, 0.1) is 0 Å². The SMILES string of the molecule is CCCCCCCOc1ccc(CN2CCC(O)C2)cc1C(F)(F)F. The zero-order valence-corrected chi connectivity index (χ0v) is 14.8. The number of aliphatic hydroxyl groups excluding tert-OH is 1. The molecule has 0 amide bonds. The van der Waals surface area contributed by atoms with E-state index in [1.165, 1.54) is 12.1 Å². The molecule has 1 heterocycles. The molecule has 0 radical (unpaired) electrons. The first-order valence-electron chi connectivity index (χ1n) is 9.13. The number of alkyl halides is 3. The Kier molecular flexibility index (Phi) is 7.56. The average Bonchev–Trinajstić information content (AvgIpc) is 2.96. The number of ether oxygens (including phenoxy) is 1. The molecule has 142 valence electrons. The molecule has 1 aliphatic heterocycles. The predicted molar refractivity (Wildman–Crippen MR) is 91.6 cm³/mol. The lowest BCUT2D eigenvalue weighted by atomic mass is 10.1. The number of hydrogen-bond acceptors (Lipinski definition) is 3. The van der Waals surface area contributed by atoms with Crippen LogP contribution in [0.5, 0.6) is 5.75 Å². The van der Waals surface area contributed by atoms with Crippen LogP contribution >= 0.6 is 0 Å². The first kappa shape index (κ1) is 20.0. The second-order valence-corrected chi connectivity index (χ2v) is 6.77. The highest BCUT2D eigenvalue weighted by atomic mass is 19.4. The van der Waals surface area contributed by atoms with E-state index in [4.69, 9.17) is 4.74 Å². The summed E-state index contributed by atoms with van der Waals surface area (Å²) in [6, 6.07) is 4.29. The van der Waals surface area contributed by atoms with Crippen LogP contribution in [-0.2, 0) is 12.7 Å². The third kappa shape index (κ3) is 6.51. The molecule has 1 atom stereocenters. The summed E-state index contributed by atoms with van der Waals surface area (Å²) in [4.78, 5) is 1.97. The molecular weight excluding hydrogens is 331 g/mol.